The standard InChI is InChI=1S/C13H13Cl3N2O3/c14-8-4-9(15)12(10(16)5-8)17-13(21)18-2-1-7(6-18)3-11(19)20/h4-5,7H,1-3,6H2,(H,17,21)(H,19,20). The van der Waals surface area contributed by atoms with Crippen LogP contribution in [0, 0.1) is 5.92 Å². The maximum Gasteiger partial charge on any atom is 0.321 e. The topological polar surface area (TPSA) is 69.6 Å². The Balaban J connectivity index is 2.01. The average Bonchev–Trinajstić information content (AvgIpc) is 2.81. The summed E-state index contributed by atoms with van der Waals surface area (Å²) in [6.07, 6.45) is 0.730. The first-order valence-corrected chi connectivity index (χ1v) is 7.42. The second-order valence-electron chi connectivity index (χ2n) is 4.87. The fourth-order valence-electron chi connectivity index (χ4n) is 2.28. The number of carboxylic acid groups (broad SMARTS) is 1. The molecule has 1 unspecified atom stereocenters. The van der Waals surface area contributed by atoms with Crippen molar-refractivity contribution in [2.45, 2.75) is 12.8 Å². The lowest BCUT2D eigenvalue weighted by Gasteiger charge is -2.18. The van der Waals surface area contributed by atoms with Crippen molar-refractivity contribution in [1.82, 2.24) is 4.90 Å². The number of nitrogens with one attached hydrogen (secondary N) is 1. The lowest BCUT2D eigenvalue weighted by Crippen LogP contribution is -2.33. The van der Waals surface area contributed by atoms with Crippen molar-refractivity contribution in [3.05, 3.63) is 27.2 Å². The molecule has 0 radical (unpaired) electrons. The quantitative estimate of drug-likeness (QED) is 0.865. The van der Waals surface area contributed by atoms with Crippen LogP contribution in [-0.2, 0) is 4.79 Å². The third-order valence-electron chi connectivity index (χ3n) is 3.28. The molecule has 21 heavy (non-hydrogen) atoms. The molecule has 0 spiro atoms. The summed E-state index contributed by atoms with van der Waals surface area (Å²) in [5, 5.41) is 12.3. The van der Waals surface area contributed by atoms with Crippen molar-refractivity contribution in [2.24, 2.45) is 5.92 Å². The summed E-state index contributed by atoms with van der Waals surface area (Å²) >= 11 is 17.8. The number of anilines is 1. The number of amides is 2. The molecule has 2 amide bonds. The number of aliphatic carboxylic acids is 1. The van der Waals surface area contributed by atoms with Gasteiger partial charge in [-0.2, -0.15) is 0 Å². The predicted octanol–water partition coefficient (Wildman–Crippen LogP) is 3.98. The minimum absolute atomic E-state index is 0.0237. The van der Waals surface area contributed by atoms with Gasteiger partial charge >= 0.3 is 12.0 Å². The van der Waals surface area contributed by atoms with E-state index in [9.17, 15) is 9.59 Å². The number of hydrogen-bond acceptors (Lipinski definition) is 2. The molecule has 1 aromatic rings. The van der Waals surface area contributed by atoms with E-state index in [1.165, 1.54) is 12.1 Å². The first-order valence-electron chi connectivity index (χ1n) is 6.29. The van der Waals surface area contributed by atoms with E-state index in [4.69, 9.17) is 39.9 Å². The van der Waals surface area contributed by atoms with E-state index in [0.29, 0.717) is 30.2 Å². The molecule has 0 bridgehead atoms. The van der Waals surface area contributed by atoms with Crippen LogP contribution in [0.2, 0.25) is 15.1 Å². The summed E-state index contributed by atoms with van der Waals surface area (Å²) in [6.45, 7) is 0.910. The van der Waals surface area contributed by atoms with Crippen molar-refractivity contribution in [2.75, 3.05) is 18.4 Å². The maximum atomic E-state index is 12.2. The number of carboxylic acids is 1. The summed E-state index contributed by atoms with van der Waals surface area (Å²) in [5.74, 6) is -0.879. The van der Waals surface area contributed by atoms with Crippen LogP contribution in [-0.4, -0.2) is 35.1 Å². The Kier molecular flexibility index (Phi) is 5.19. The van der Waals surface area contributed by atoms with Crippen LogP contribution in [0.25, 0.3) is 0 Å². The van der Waals surface area contributed by atoms with Crippen LogP contribution >= 0.6 is 34.8 Å². The lowest BCUT2D eigenvalue weighted by atomic mass is 10.1. The van der Waals surface area contributed by atoms with Gasteiger partial charge in [-0.3, -0.25) is 4.79 Å². The average molecular weight is 352 g/mol. The molecular weight excluding hydrogens is 339 g/mol. The number of likely N-dealkylation sites (tertiary alicyclic amines) is 1. The summed E-state index contributed by atoms with van der Waals surface area (Å²) in [6, 6.07) is 2.62. The normalized spacial score (nSPS) is 17.9. The van der Waals surface area contributed by atoms with Gasteiger partial charge < -0.3 is 15.3 Å². The van der Waals surface area contributed by atoms with E-state index in [0.717, 1.165) is 0 Å². The third kappa shape index (κ3) is 4.15. The number of benzene rings is 1. The van der Waals surface area contributed by atoms with Gasteiger partial charge in [-0.15, -0.1) is 0 Å². The van der Waals surface area contributed by atoms with Crippen molar-refractivity contribution >= 4 is 52.5 Å². The molecule has 1 heterocycles. The zero-order chi connectivity index (χ0) is 15.6. The Labute approximate surface area is 136 Å². The number of hydrogen-bond donors (Lipinski definition) is 2. The fourth-order valence-corrected chi connectivity index (χ4v) is 3.19. The highest BCUT2D eigenvalue weighted by molar-refractivity contribution is 6.42. The molecule has 0 aromatic heterocycles. The molecule has 8 heteroatoms. The van der Waals surface area contributed by atoms with Crippen LogP contribution in [0.15, 0.2) is 12.1 Å². The molecular formula is C13H13Cl3N2O3. The zero-order valence-corrected chi connectivity index (χ0v) is 13.2. The second-order valence-corrected chi connectivity index (χ2v) is 6.12. The summed E-state index contributed by atoms with van der Waals surface area (Å²) in [4.78, 5) is 24.4. The second kappa shape index (κ2) is 6.73. The minimum Gasteiger partial charge on any atom is -0.481 e. The van der Waals surface area contributed by atoms with E-state index in [1.807, 2.05) is 0 Å². The first kappa shape index (κ1) is 16.2. The van der Waals surface area contributed by atoms with Gasteiger partial charge in [0.05, 0.1) is 15.7 Å². The van der Waals surface area contributed by atoms with E-state index in [-0.39, 0.29) is 28.4 Å². The molecule has 114 valence electrons. The molecule has 1 aliphatic rings. The molecule has 1 fully saturated rings. The molecule has 2 N–H and O–H groups in total. The van der Waals surface area contributed by atoms with Crippen LogP contribution in [0.5, 0.6) is 0 Å². The monoisotopic (exact) mass is 350 g/mol. The highest BCUT2D eigenvalue weighted by Gasteiger charge is 2.28. The highest BCUT2D eigenvalue weighted by Crippen LogP contribution is 2.34. The van der Waals surface area contributed by atoms with Gasteiger partial charge in [-0.05, 0) is 24.5 Å². The largest absolute Gasteiger partial charge is 0.481 e. The predicted molar refractivity (Wildman–Crippen MR) is 82.4 cm³/mol. The van der Waals surface area contributed by atoms with Gasteiger partial charge in [0.15, 0.2) is 0 Å². The van der Waals surface area contributed by atoms with E-state index >= 15 is 0 Å². The van der Waals surface area contributed by atoms with Gasteiger partial charge in [0, 0.05) is 24.5 Å². The van der Waals surface area contributed by atoms with Crippen LogP contribution in [0.3, 0.4) is 0 Å². The van der Waals surface area contributed by atoms with Crippen LogP contribution in [0.4, 0.5) is 10.5 Å². The Morgan fingerprint density at radius 1 is 1.29 bits per heavy atom. The van der Waals surface area contributed by atoms with Gasteiger partial charge in [0.1, 0.15) is 0 Å². The Bertz CT molecular complexity index is 557. The molecule has 1 saturated heterocycles. The summed E-state index contributed by atoms with van der Waals surface area (Å²) < 4.78 is 0. The number of rotatable bonds is 3. The maximum absolute atomic E-state index is 12.2. The number of nitrogens with zero attached hydrogens (tertiary/aromatic N) is 1. The number of carbonyl (C=O) groups excluding carboxylic acids is 1. The Morgan fingerprint density at radius 2 is 1.90 bits per heavy atom. The number of urea groups is 1. The zero-order valence-electron chi connectivity index (χ0n) is 10.9. The fraction of sp³-hybridized carbons (Fsp3) is 0.385. The smallest absolute Gasteiger partial charge is 0.321 e. The van der Waals surface area contributed by atoms with Gasteiger partial charge in [-0.25, -0.2) is 4.79 Å². The first-order chi connectivity index (χ1) is 9.86. The van der Waals surface area contributed by atoms with Crippen molar-refractivity contribution < 1.29 is 14.7 Å². The van der Waals surface area contributed by atoms with Crippen molar-refractivity contribution in [3.63, 3.8) is 0 Å². The van der Waals surface area contributed by atoms with Crippen LogP contribution < -0.4 is 5.32 Å². The van der Waals surface area contributed by atoms with E-state index < -0.39 is 5.97 Å². The van der Waals surface area contributed by atoms with E-state index in [1.54, 1.807) is 4.90 Å². The minimum atomic E-state index is -0.856. The Hall–Kier alpha value is -1.17. The Morgan fingerprint density at radius 3 is 2.48 bits per heavy atom. The van der Waals surface area contributed by atoms with Crippen LogP contribution in [0.1, 0.15) is 12.8 Å². The van der Waals surface area contributed by atoms with Crippen molar-refractivity contribution in [1.29, 1.82) is 0 Å². The SMILES string of the molecule is O=C(O)CC1CCN(C(=O)Nc2c(Cl)cc(Cl)cc2Cl)C1. The third-order valence-corrected chi connectivity index (χ3v) is 4.09. The summed E-state index contributed by atoms with van der Waals surface area (Å²) in [7, 11) is 0. The number of carbonyl (C=O) groups is 2. The molecule has 0 saturated carbocycles. The van der Waals surface area contributed by atoms with Gasteiger partial charge in [-0.1, -0.05) is 34.8 Å². The lowest BCUT2D eigenvalue weighted by molar-refractivity contribution is -0.138. The van der Waals surface area contributed by atoms with Gasteiger partial charge in [0.2, 0.25) is 0 Å². The molecule has 5 nitrogen and oxygen atoms in total. The molecule has 0 aliphatic carbocycles. The highest BCUT2D eigenvalue weighted by atomic mass is 35.5. The summed E-state index contributed by atoms with van der Waals surface area (Å²) in [5.41, 5.74) is 0.300. The number of halogens is 3. The van der Waals surface area contributed by atoms with E-state index in [2.05, 4.69) is 5.32 Å². The van der Waals surface area contributed by atoms with Gasteiger partial charge in [0.25, 0.3) is 0 Å². The molecule has 1 aromatic carbocycles. The molecule has 1 atom stereocenters. The molecule has 2 rings (SSSR count). The van der Waals surface area contributed by atoms with Crippen molar-refractivity contribution in [3.8, 4) is 0 Å². The molecule has 1 aliphatic heterocycles.